The van der Waals surface area contributed by atoms with E-state index in [9.17, 15) is 4.79 Å². The molecule has 1 aromatic heterocycles. The van der Waals surface area contributed by atoms with Crippen LogP contribution in [0.3, 0.4) is 0 Å². The number of ether oxygens (including phenoxy) is 1. The quantitative estimate of drug-likeness (QED) is 0.912. The Balaban J connectivity index is 1.50. The summed E-state index contributed by atoms with van der Waals surface area (Å²) in [5.74, 6) is 0.700. The molecule has 1 spiro atoms. The molecule has 0 atom stereocenters. The number of benzene rings is 1. The van der Waals surface area contributed by atoms with Crippen molar-refractivity contribution >= 4 is 11.9 Å². The second kappa shape index (κ2) is 5.62. The summed E-state index contributed by atoms with van der Waals surface area (Å²) in [6.07, 6.45) is 3.29. The number of rotatable bonds is 2. The van der Waals surface area contributed by atoms with Crippen LogP contribution in [0.2, 0.25) is 0 Å². The van der Waals surface area contributed by atoms with E-state index in [0.29, 0.717) is 0 Å². The molecule has 6 heteroatoms. The molecular weight excluding hydrogens is 292 g/mol. The van der Waals surface area contributed by atoms with Crippen molar-refractivity contribution in [2.75, 3.05) is 24.6 Å². The van der Waals surface area contributed by atoms with Crippen molar-refractivity contribution in [3.05, 3.63) is 42.6 Å². The first kappa shape index (κ1) is 14.1. The van der Waals surface area contributed by atoms with E-state index in [1.807, 2.05) is 36.4 Å². The fourth-order valence-corrected chi connectivity index (χ4v) is 3.14. The van der Waals surface area contributed by atoms with Crippen LogP contribution < -0.4 is 10.2 Å². The molecule has 4 rings (SSSR count). The lowest BCUT2D eigenvalue weighted by atomic mass is 10.0. The Kier molecular flexibility index (Phi) is 3.46. The molecule has 2 fully saturated rings. The normalized spacial score (nSPS) is 19.8. The van der Waals surface area contributed by atoms with Gasteiger partial charge in [-0.05, 0) is 6.07 Å². The third-order valence-corrected chi connectivity index (χ3v) is 4.41. The molecule has 23 heavy (non-hydrogen) atoms. The number of aromatic nitrogens is 2. The molecule has 1 N–H and O–H groups in total. The predicted octanol–water partition coefficient (Wildman–Crippen LogP) is 1.59. The molecule has 2 aliphatic rings. The largest absolute Gasteiger partial charge is 0.346 e. The molecular formula is C17H18N4O2. The topological polar surface area (TPSA) is 67.3 Å². The summed E-state index contributed by atoms with van der Waals surface area (Å²) < 4.78 is 5.64. The second-order valence-corrected chi connectivity index (χ2v) is 5.93. The van der Waals surface area contributed by atoms with Crippen LogP contribution >= 0.6 is 0 Å². The Morgan fingerprint density at radius 1 is 1.13 bits per heavy atom. The number of hydrogen-bond acceptors (Lipinski definition) is 5. The van der Waals surface area contributed by atoms with Gasteiger partial charge >= 0.3 is 0 Å². The minimum atomic E-state index is -0.482. The summed E-state index contributed by atoms with van der Waals surface area (Å²) in [7, 11) is 0. The van der Waals surface area contributed by atoms with Crippen LogP contribution in [-0.2, 0) is 9.53 Å². The zero-order valence-corrected chi connectivity index (χ0v) is 12.7. The summed E-state index contributed by atoms with van der Waals surface area (Å²) in [6, 6.07) is 12.0. The van der Waals surface area contributed by atoms with Crippen LogP contribution in [0, 0.1) is 0 Å². The minimum absolute atomic E-state index is 0.0271. The SMILES string of the molecule is O=C1COC2(CCN(c3nccc(-c4ccccc4)n3)CC2)N1. The lowest BCUT2D eigenvalue weighted by molar-refractivity contribution is -0.119. The number of carbonyl (C=O) groups is 1. The van der Waals surface area contributed by atoms with E-state index in [-0.39, 0.29) is 12.5 Å². The van der Waals surface area contributed by atoms with Crippen LogP contribution in [0.1, 0.15) is 12.8 Å². The lowest BCUT2D eigenvalue weighted by Gasteiger charge is -2.38. The zero-order valence-electron chi connectivity index (χ0n) is 12.7. The van der Waals surface area contributed by atoms with Crippen molar-refractivity contribution in [1.29, 1.82) is 0 Å². The standard InChI is InChI=1S/C17H18N4O2/c22-15-12-23-17(20-15)7-10-21(11-8-17)16-18-9-6-14(19-16)13-4-2-1-3-5-13/h1-6,9H,7-8,10-12H2,(H,20,22). The van der Waals surface area contributed by atoms with Crippen molar-refractivity contribution in [3.63, 3.8) is 0 Å². The summed E-state index contributed by atoms with van der Waals surface area (Å²) in [4.78, 5) is 22.6. The van der Waals surface area contributed by atoms with Gasteiger partial charge in [0.2, 0.25) is 11.9 Å². The molecule has 0 radical (unpaired) electrons. The maximum atomic E-state index is 11.4. The van der Waals surface area contributed by atoms with E-state index in [0.717, 1.165) is 43.1 Å². The average molecular weight is 310 g/mol. The summed E-state index contributed by atoms with van der Waals surface area (Å²) in [5, 5.41) is 2.95. The highest BCUT2D eigenvalue weighted by molar-refractivity contribution is 5.79. The van der Waals surface area contributed by atoms with E-state index in [4.69, 9.17) is 4.74 Å². The maximum absolute atomic E-state index is 11.4. The first-order chi connectivity index (χ1) is 11.2. The Hall–Kier alpha value is -2.47. The highest BCUT2D eigenvalue weighted by Gasteiger charge is 2.42. The number of amides is 1. The van der Waals surface area contributed by atoms with Crippen LogP contribution in [-0.4, -0.2) is 41.3 Å². The first-order valence-corrected chi connectivity index (χ1v) is 7.83. The third-order valence-electron chi connectivity index (χ3n) is 4.41. The Morgan fingerprint density at radius 3 is 2.61 bits per heavy atom. The average Bonchev–Trinajstić information content (AvgIpc) is 2.97. The molecule has 118 valence electrons. The smallest absolute Gasteiger partial charge is 0.248 e. The predicted molar refractivity (Wildman–Crippen MR) is 85.7 cm³/mol. The molecule has 2 aromatic rings. The Morgan fingerprint density at radius 2 is 1.91 bits per heavy atom. The molecule has 0 aliphatic carbocycles. The van der Waals surface area contributed by atoms with Gasteiger partial charge in [-0.3, -0.25) is 4.79 Å². The van der Waals surface area contributed by atoms with Crippen molar-refractivity contribution in [2.45, 2.75) is 18.6 Å². The van der Waals surface area contributed by atoms with Gasteiger partial charge in [0.05, 0.1) is 5.69 Å². The molecule has 0 bridgehead atoms. The highest BCUT2D eigenvalue weighted by Crippen LogP contribution is 2.29. The molecule has 0 saturated carbocycles. The van der Waals surface area contributed by atoms with Crippen molar-refractivity contribution in [1.82, 2.24) is 15.3 Å². The van der Waals surface area contributed by atoms with E-state index < -0.39 is 5.72 Å². The van der Waals surface area contributed by atoms with Crippen molar-refractivity contribution < 1.29 is 9.53 Å². The minimum Gasteiger partial charge on any atom is -0.346 e. The summed E-state index contributed by atoms with van der Waals surface area (Å²) in [5.41, 5.74) is 1.52. The molecule has 0 unspecified atom stereocenters. The molecule has 3 heterocycles. The van der Waals surface area contributed by atoms with Crippen molar-refractivity contribution in [2.24, 2.45) is 0 Å². The number of nitrogens with zero attached hydrogens (tertiary/aromatic N) is 3. The Bertz CT molecular complexity index is 712. The summed E-state index contributed by atoms with van der Waals surface area (Å²) >= 11 is 0. The van der Waals surface area contributed by atoms with Gasteiger partial charge in [-0.25, -0.2) is 9.97 Å². The summed E-state index contributed by atoms with van der Waals surface area (Å²) in [6.45, 7) is 1.69. The van der Waals surface area contributed by atoms with Gasteiger partial charge in [-0.2, -0.15) is 0 Å². The van der Waals surface area contributed by atoms with Gasteiger partial charge in [-0.15, -0.1) is 0 Å². The van der Waals surface area contributed by atoms with Gasteiger partial charge in [-0.1, -0.05) is 30.3 Å². The molecule has 2 saturated heterocycles. The van der Waals surface area contributed by atoms with Gasteiger partial charge in [0, 0.05) is 37.7 Å². The van der Waals surface area contributed by atoms with Gasteiger partial charge in [0.1, 0.15) is 12.3 Å². The van der Waals surface area contributed by atoms with E-state index in [1.54, 1.807) is 6.20 Å². The van der Waals surface area contributed by atoms with Crippen molar-refractivity contribution in [3.8, 4) is 11.3 Å². The lowest BCUT2D eigenvalue weighted by Crippen LogP contribution is -2.52. The Labute approximate surface area is 134 Å². The highest BCUT2D eigenvalue weighted by atomic mass is 16.5. The van der Waals surface area contributed by atoms with E-state index in [2.05, 4.69) is 20.2 Å². The van der Waals surface area contributed by atoms with E-state index >= 15 is 0 Å². The number of anilines is 1. The van der Waals surface area contributed by atoms with Gasteiger partial charge in [0.25, 0.3) is 0 Å². The monoisotopic (exact) mass is 310 g/mol. The molecule has 1 amide bonds. The van der Waals surface area contributed by atoms with Crippen LogP contribution in [0.15, 0.2) is 42.6 Å². The van der Waals surface area contributed by atoms with Gasteiger partial charge < -0.3 is 15.0 Å². The second-order valence-electron chi connectivity index (χ2n) is 5.93. The number of carbonyl (C=O) groups excluding carboxylic acids is 1. The number of piperidine rings is 1. The third kappa shape index (κ3) is 2.77. The van der Waals surface area contributed by atoms with E-state index in [1.165, 1.54) is 0 Å². The van der Waals surface area contributed by atoms with Crippen LogP contribution in [0.4, 0.5) is 5.95 Å². The molecule has 1 aromatic carbocycles. The van der Waals surface area contributed by atoms with Crippen LogP contribution in [0.25, 0.3) is 11.3 Å². The molecule has 2 aliphatic heterocycles. The fourth-order valence-electron chi connectivity index (χ4n) is 3.14. The fraction of sp³-hybridized carbons (Fsp3) is 0.353. The zero-order chi connectivity index (χ0) is 15.7. The maximum Gasteiger partial charge on any atom is 0.248 e. The van der Waals surface area contributed by atoms with Gasteiger partial charge in [0.15, 0.2) is 0 Å². The first-order valence-electron chi connectivity index (χ1n) is 7.83. The van der Waals surface area contributed by atoms with Crippen LogP contribution in [0.5, 0.6) is 0 Å². The number of nitrogens with one attached hydrogen (secondary N) is 1. The molecule has 6 nitrogen and oxygen atoms in total. The number of hydrogen-bond donors (Lipinski definition) is 1.